The van der Waals surface area contributed by atoms with Gasteiger partial charge in [0, 0.05) is 0 Å². The molecule has 0 amide bonds. The van der Waals surface area contributed by atoms with Crippen molar-refractivity contribution in [3.63, 3.8) is 0 Å². The van der Waals surface area contributed by atoms with Crippen LogP contribution < -0.4 is 13.5 Å². The Labute approximate surface area is 196 Å². The Kier molecular flexibility index (Phi) is 6.31. The summed E-state index contributed by atoms with van der Waals surface area (Å²) in [7, 11) is 7.92. The zero-order valence-corrected chi connectivity index (χ0v) is 21.3. The molecule has 0 heterocycles. The molecule has 4 aromatic rings. The predicted octanol–water partition coefficient (Wildman–Crippen LogP) is 6.38. The summed E-state index contributed by atoms with van der Waals surface area (Å²) in [5.41, 5.74) is 0. The summed E-state index contributed by atoms with van der Waals surface area (Å²) in [4.78, 5) is 0. The Morgan fingerprint density at radius 2 is 0.867 bits per heavy atom. The van der Waals surface area contributed by atoms with E-state index in [4.69, 9.17) is 46.6 Å². The maximum absolute atomic E-state index is 7.92. The summed E-state index contributed by atoms with van der Waals surface area (Å²) in [5, 5.41) is 1.06. The van der Waals surface area contributed by atoms with Crippen LogP contribution in [0.5, 0.6) is 5.75 Å². The number of benzene rings is 4. The average molecular weight is 585 g/mol. The van der Waals surface area contributed by atoms with Crippen molar-refractivity contribution in [1.29, 1.82) is 0 Å². The fourth-order valence-electron chi connectivity index (χ4n) is 3.48. The summed E-state index contributed by atoms with van der Waals surface area (Å²) < 4.78 is 9.64. The second-order valence-electron chi connectivity index (χ2n) is 6.73. The van der Waals surface area contributed by atoms with Gasteiger partial charge in [-0.25, -0.2) is 0 Å². The van der Waals surface area contributed by atoms with Crippen LogP contribution in [0.1, 0.15) is 0 Å². The average Bonchev–Trinajstić information content (AvgIpc) is 2.78. The van der Waals surface area contributed by atoms with E-state index in [0.717, 1.165) is 10.5 Å². The molecule has 6 heteroatoms. The van der Waals surface area contributed by atoms with Gasteiger partial charge in [0.2, 0.25) is 0 Å². The first kappa shape index (κ1) is 21.9. The van der Waals surface area contributed by atoms with Crippen LogP contribution in [0.15, 0.2) is 103 Å². The summed E-state index contributed by atoms with van der Waals surface area (Å²) in [6, 6.07) is 32.9. The quantitative estimate of drug-likeness (QED) is 0.247. The monoisotopic (exact) mass is 582 g/mol. The molecule has 4 rings (SSSR count). The van der Waals surface area contributed by atoms with E-state index in [0.29, 0.717) is 20.8 Å². The molecule has 0 unspecified atom stereocenters. The summed E-state index contributed by atoms with van der Waals surface area (Å²) in [6.45, 7) is 0. The molecule has 0 aliphatic rings. The molecule has 0 fully saturated rings. The predicted molar refractivity (Wildman–Crippen MR) is 132 cm³/mol. The van der Waals surface area contributed by atoms with Gasteiger partial charge in [0.1, 0.15) is 0 Å². The normalized spacial score (nSPS) is 12.7. The fourth-order valence-corrected chi connectivity index (χ4v) is 18.5. The van der Waals surface area contributed by atoms with Crippen LogP contribution in [0.2, 0.25) is 15.1 Å². The van der Waals surface area contributed by atoms with Gasteiger partial charge in [-0.1, -0.05) is 0 Å². The van der Waals surface area contributed by atoms with E-state index in [2.05, 4.69) is 0 Å². The van der Waals surface area contributed by atoms with E-state index in [1.165, 1.54) is 0 Å². The van der Waals surface area contributed by atoms with Crippen LogP contribution in [0.25, 0.3) is 0 Å². The minimum absolute atomic E-state index is 0.314. The van der Waals surface area contributed by atoms with Crippen LogP contribution in [0.3, 0.4) is 0 Å². The molecule has 1 nitrogen and oxygen atoms in total. The Morgan fingerprint density at radius 3 is 1.20 bits per heavy atom. The second kappa shape index (κ2) is 8.65. The van der Waals surface area contributed by atoms with Crippen LogP contribution in [-0.2, 0) is 0 Å². The number of rotatable bonds is 5. The van der Waals surface area contributed by atoms with Crippen LogP contribution in [0.4, 0.5) is 0 Å². The van der Waals surface area contributed by atoms with Gasteiger partial charge < -0.3 is 0 Å². The number of hydrogen-bond acceptors (Lipinski definition) is 1. The molecule has 0 saturated carbocycles. The molecule has 0 N–H and O–H groups in total. The van der Waals surface area contributed by atoms with Gasteiger partial charge in [0.05, 0.1) is 0 Å². The van der Waals surface area contributed by atoms with Gasteiger partial charge in [0.25, 0.3) is 0 Å². The Morgan fingerprint density at radius 1 is 0.533 bits per heavy atom. The summed E-state index contributed by atoms with van der Waals surface area (Å²) in [5.74, 6) is 0.330. The van der Waals surface area contributed by atoms with Crippen LogP contribution in [0, 0.1) is 0 Å². The Hall–Kier alpha value is -1.34. The molecule has 0 radical (unpaired) electrons. The van der Waals surface area contributed by atoms with Crippen molar-refractivity contribution in [2.75, 3.05) is 0 Å². The number of halogens is 4. The van der Waals surface area contributed by atoms with Crippen molar-refractivity contribution in [3.8, 4) is 5.75 Å². The molecular formula is C24H17Cl4OSb. The summed E-state index contributed by atoms with van der Waals surface area (Å²) in [6.07, 6.45) is 0. The summed E-state index contributed by atoms with van der Waals surface area (Å²) >= 11 is 14.1. The number of hydrogen-bond donors (Lipinski definition) is 0. The molecule has 4 aromatic carbocycles. The second-order valence-corrected chi connectivity index (χ2v) is 22.6. The first-order valence-electron chi connectivity index (χ1n) is 9.18. The van der Waals surface area contributed by atoms with Crippen molar-refractivity contribution < 1.29 is 3.02 Å². The topological polar surface area (TPSA) is 9.23 Å². The molecular weight excluding hydrogens is 568 g/mol. The van der Waals surface area contributed by atoms with Gasteiger partial charge in [-0.15, -0.1) is 0 Å². The van der Waals surface area contributed by atoms with Crippen molar-refractivity contribution in [2.24, 2.45) is 0 Å². The van der Waals surface area contributed by atoms with E-state index < -0.39 is 16.7 Å². The molecule has 0 aromatic heterocycles. The van der Waals surface area contributed by atoms with Gasteiger partial charge in [0.15, 0.2) is 0 Å². The zero-order chi connectivity index (χ0) is 21.2. The van der Waals surface area contributed by atoms with E-state index in [-0.39, 0.29) is 0 Å². The molecule has 0 aliphatic heterocycles. The Balaban J connectivity index is 2.12. The van der Waals surface area contributed by atoms with Crippen molar-refractivity contribution in [3.05, 3.63) is 118 Å². The molecule has 0 bridgehead atoms. The molecule has 0 aliphatic carbocycles. The van der Waals surface area contributed by atoms with Gasteiger partial charge >= 0.3 is 198 Å². The zero-order valence-electron chi connectivity index (χ0n) is 15.7. The van der Waals surface area contributed by atoms with E-state index in [1.54, 1.807) is 12.1 Å². The van der Waals surface area contributed by atoms with Gasteiger partial charge in [-0.3, -0.25) is 0 Å². The fraction of sp³-hybridized carbons (Fsp3) is 0. The standard InChI is InChI=1S/C6H3Cl3O.3C6H5.ClH.Sb/c7-3-1-4(8)6(10)5(9)2-3;3*1-2-4-6-5-3-1;;/h1-2,10H;3*1-5H;1H;/q;;;;;+2/p-2. The van der Waals surface area contributed by atoms with E-state index in [1.807, 2.05) is 91.0 Å². The van der Waals surface area contributed by atoms with Crippen molar-refractivity contribution >= 4 is 70.8 Å². The third-order valence-electron chi connectivity index (χ3n) is 4.88. The molecule has 0 spiro atoms. The molecule has 0 atom stereocenters. The van der Waals surface area contributed by atoms with Gasteiger partial charge in [-0.2, -0.15) is 0 Å². The third-order valence-corrected chi connectivity index (χ3v) is 22.0. The molecule has 152 valence electrons. The van der Waals surface area contributed by atoms with Gasteiger partial charge in [-0.05, 0) is 0 Å². The molecule has 0 saturated heterocycles. The van der Waals surface area contributed by atoms with Crippen molar-refractivity contribution in [1.82, 2.24) is 0 Å². The van der Waals surface area contributed by atoms with Crippen LogP contribution >= 0.6 is 43.6 Å². The third kappa shape index (κ3) is 3.72. The van der Waals surface area contributed by atoms with E-state index >= 15 is 0 Å². The molecule has 30 heavy (non-hydrogen) atoms. The van der Waals surface area contributed by atoms with Crippen LogP contribution in [-0.4, -0.2) is 16.7 Å². The maximum atomic E-state index is 7.92. The first-order valence-corrected chi connectivity index (χ1v) is 18.4. The SMILES string of the molecule is Clc1cc(Cl)c([O][Sb]([Cl])([c]2ccccc2)([c]2ccccc2)[c]2ccccc2)c(Cl)c1. The van der Waals surface area contributed by atoms with E-state index in [9.17, 15) is 0 Å². The first-order chi connectivity index (χ1) is 14.4. The van der Waals surface area contributed by atoms with Crippen molar-refractivity contribution in [2.45, 2.75) is 0 Å². The Bertz CT molecular complexity index is 1050. The minimum atomic E-state index is -5.10.